The van der Waals surface area contributed by atoms with Gasteiger partial charge in [0.05, 0.1) is 6.54 Å². The third-order valence-electron chi connectivity index (χ3n) is 5.81. The summed E-state index contributed by atoms with van der Waals surface area (Å²) in [6.45, 7) is 6.43. The Balaban J connectivity index is 1.44. The first kappa shape index (κ1) is 24.4. The summed E-state index contributed by atoms with van der Waals surface area (Å²) in [5.41, 5.74) is 4.69. The van der Waals surface area contributed by atoms with Crippen molar-refractivity contribution < 1.29 is 13.6 Å². The molecule has 1 heterocycles. The average Bonchev–Trinajstić information content (AvgIpc) is 3.33. The van der Waals surface area contributed by atoms with Crippen LogP contribution in [0.4, 0.5) is 4.39 Å². The van der Waals surface area contributed by atoms with Crippen LogP contribution in [0.1, 0.15) is 58.4 Å². The minimum atomic E-state index is -0.279. The van der Waals surface area contributed by atoms with Crippen LogP contribution < -0.4 is 5.32 Å². The van der Waals surface area contributed by atoms with Crippen LogP contribution in [0.2, 0.25) is 0 Å². The molecular formula is C29H30FN3O2. The summed E-state index contributed by atoms with van der Waals surface area (Å²) < 4.78 is 19.0. The van der Waals surface area contributed by atoms with Crippen LogP contribution in [0.5, 0.6) is 0 Å². The summed E-state index contributed by atoms with van der Waals surface area (Å²) in [5.74, 6) is 0.385. The third kappa shape index (κ3) is 7.11. The zero-order valence-corrected chi connectivity index (χ0v) is 20.1. The highest BCUT2D eigenvalue weighted by atomic mass is 19.1. The van der Waals surface area contributed by atoms with E-state index in [-0.39, 0.29) is 17.4 Å². The standard InChI is InChI=1S/C29H30FN3O2/c1-21(2)25-12-8-23(9-13-25)17-33(18-24-10-14-26(30)15-11-24)19-28-32-27(20-35-28)29(34)31-16-22-6-4-3-5-7-22/h3-15,20-21H,16-19H2,1-2H3,(H,31,34). The molecule has 0 aliphatic heterocycles. The zero-order valence-electron chi connectivity index (χ0n) is 20.1. The smallest absolute Gasteiger partial charge is 0.273 e. The number of amides is 1. The first-order valence-corrected chi connectivity index (χ1v) is 11.8. The summed E-state index contributed by atoms with van der Waals surface area (Å²) in [6.07, 6.45) is 1.39. The molecule has 0 radical (unpaired) electrons. The van der Waals surface area contributed by atoms with E-state index in [2.05, 4.69) is 53.3 Å². The van der Waals surface area contributed by atoms with Gasteiger partial charge in [-0.15, -0.1) is 0 Å². The van der Waals surface area contributed by atoms with Crippen molar-refractivity contribution in [2.45, 2.75) is 45.9 Å². The Kier molecular flexibility index (Phi) is 8.06. The Morgan fingerprint density at radius 1 is 0.886 bits per heavy atom. The molecule has 0 fully saturated rings. The van der Waals surface area contributed by atoms with Crippen LogP contribution in [0, 0.1) is 5.82 Å². The van der Waals surface area contributed by atoms with Gasteiger partial charge in [-0.2, -0.15) is 0 Å². The molecule has 180 valence electrons. The lowest BCUT2D eigenvalue weighted by Crippen LogP contribution is -2.24. The number of nitrogens with zero attached hydrogens (tertiary/aromatic N) is 2. The van der Waals surface area contributed by atoms with E-state index in [1.54, 1.807) is 12.1 Å². The van der Waals surface area contributed by atoms with Crippen molar-refractivity contribution in [3.05, 3.63) is 125 Å². The van der Waals surface area contributed by atoms with Crippen LogP contribution in [-0.4, -0.2) is 15.8 Å². The number of hydrogen-bond donors (Lipinski definition) is 1. The van der Waals surface area contributed by atoms with Crippen molar-refractivity contribution in [1.82, 2.24) is 15.2 Å². The maximum absolute atomic E-state index is 13.4. The second-order valence-electron chi connectivity index (χ2n) is 8.96. The molecule has 0 spiro atoms. The second-order valence-corrected chi connectivity index (χ2v) is 8.96. The number of oxazole rings is 1. The van der Waals surface area contributed by atoms with Gasteiger partial charge in [0.25, 0.3) is 5.91 Å². The first-order chi connectivity index (χ1) is 17.0. The number of halogens is 1. The summed E-state index contributed by atoms with van der Waals surface area (Å²) in [7, 11) is 0. The fourth-order valence-electron chi connectivity index (χ4n) is 3.83. The molecule has 35 heavy (non-hydrogen) atoms. The molecule has 0 unspecified atom stereocenters. The van der Waals surface area contributed by atoms with Crippen LogP contribution >= 0.6 is 0 Å². The molecule has 4 aromatic rings. The van der Waals surface area contributed by atoms with Crippen molar-refractivity contribution in [3.63, 3.8) is 0 Å². The SMILES string of the molecule is CC(C)c1ccc(CN(Cc2ccc(F)cc2)Cc2nc(C(=O)NCc3ccccc3)co2)cc1. The molecule has 5 nitrogen and oxygen atoms in total. The van der Waals surface area contributed by atoms with E-state index in [4.69, 9.17) is 4.42 Å². The molecule has 0 aliphatic rings. The fourth-order valence-corrected chi connectivity index (χ4v) is 3.83. The van der Waals surface area contributed by atoms with Crippen molar-refractivity contribution >= 4 is 5.91 Å². The third-order valence-corrected chi connectivity index (χ3v) is 5.81. The maximum Gasteiger partial charge on any atom is 0.273 e. The highest BCUT2D eigenvalue weighted by Gasteiger charge is 2.16. The summed E-state index contributed by atoms with van der Waals surface area (Å²) in [5, 5.41) is 2.87. The molecule has 1 amide bonds. The van der Waals surface area contributed by atoms with Crippen molar-refractivity contribution in [3.8, 4) is 0 Å². The number of nitrogens with one attached hydrogen (secondary N) is 1. The van der Waals surface area contributed by atoms with E-state index in [9.17, 15) is 9.18 Å². The minimum absolute atomic E-state index is 0.249. The van der Waals surface area contributed by atoms with E-state index in [0.717, 1.165) is 16.7 Å². The molecule has 0 aliphatic carbocycles. The molecule has 3 aromatic carbocycles. The quantitative estimate of drug-likeness (QED) is 0.305. The number of carbonyl (C=O) groups excluding carboxylic acids is 1. The number of carbonyl (C=O) groups is 1. The first-order valence-electron chi connectivity index (χ1n) is 11.8. The molecule has 0 saturated heterocycles. The molecule has 4 rings (SSSR count). The monoisotopic (exact) mass is 471 g/mol. The van der Waals surface area contributed by atoms with Crippen molar-refractivity contribution in [2.24, 2.45) is 0 Å². The van der Waals surface area contributed by atoms with Crippen molar-refractivity contribution in [1.29, 1.82) is 0 Å². The van der Waals surface area contributed by atoms with Gasteiger partial charge in [0.1, 0.15) is 12.1 Å². The fraction of sp³-hybridized carbons (Fsp3) is 0.241. The van der Waals surface area contributed by atoms with Gasteiger partial charge in [0.15, 0.2) is 5.69 Å². The molecule has 1 aromatic heterocycles. The minimum Gasteiger partial charge on any atom is -0.447 e. The van der Waals surface area contributed by atoms with E-state index in [0.29, 0.717) is 38.0 Å². The number of rotatable bonds is 10. The Bertz CT molecular complexity index is 1220. The van der Waals surface area contributed by atoms with Crippen LogP contribution in [0.3, 0.4) is 0 Å². The predicted octanol–water partition coefficient (Wildman–Crippen LogP) is 6.07. The van der Waals surface area contributed by atoms with Gasteiger partial charge in [-0.3, -0.25) is 9.69 Å². The van der Waals surface area contributed by atoms with Crippen molar-refractivity contribution in [2.75, 3.05) is 0 Å². The molecule has 1 N–H and O–H groups in total. The molecule has 0 bridgehead atoms. The van der Waals surface area contributed by atoms with Gasteiger partial charge < -0.3 is 9.73 Å². The lowest BCUT2D eigenvalue weighted by Gasteiger charge is -2.21. The number of aromatic nitrogens is 1. The van der Waals surface area contributed by atoms with Gasteiger partial charge in [-0.05, 0) is 40.3 Å². The van der Waals surface area contributed by atoms with E-state index in [1.807, 2.05) is 30.3 Å². The van der Waals surface area contributed by atoms with Gasteiger partial charge in [-0.25, -0.2) is 9.37 Å². The number of hydrogen-bond acceptors (Lipinski definition) is 4. The zero-order chi connectivity index (χ0) is 24.6. The molecule has 0 atom stereocenters. The van der Waals surface area contributed by atoms with E-state index >= 15 is 0 Å². The lowest BCUT2D eigenvalue weighted by atomic mass is 10.0. The van der Waals surface area contributed by atoms with Gasteiger partial charge >= 0.3 is 0 Å². The summed E-state index contributed by atoms with van der Waals surface area (Å²) in [6, 6.07) is 24.8. The van der Waals surface area contributed by atoms with Crippen LogP contribution in [0.25, 0.3) is 0 Å². The van der Waals surface area contributed by atoms with Crippen LogP contribution in [-0.2, 0) is 26.2 Å². The number of benzene rings is 3. The van der Waals surface area contributed by atoms with Crippen LogP contribution in [0.15, 0.2) is 89.5 Å². The molecular weight excluding hydrogens is 441 g/mol. The van der Waals surface area contributed by atoms with Gasteiger partial charge in [0, 0.05) is 19.6 Å². The second kappa shape index (κ2) is 11.6. The largest absolute Gasteiger partial charge is 0.447 e. The normalized spacial score (nSPS) is 11.2. The summed E-state index contributed by atoms with van der Waals surface area (Å²) in [4.78, 5) is 19.1. The average molecular weight is 472 g/mol. The summed E-state index contributed by atoms with van der Waals surface area (Å²) >= 11 is 0. The van der Waals surface area contributed by atoms with Gasteiger partial charge in [-0.1, -0.05) is 80.6 Å². The topological polar surface area (TPSA) is 58.4 Å². The lowest BCUT2D eigenvalue weighted by molar-refractivity contribution is 0.0945. The molecule has 0 saturated carbocycles. The Morgan fingerprint density at radius 2 is 1.51 bits per heavy atom. The maximum atomic E-state index is 13.4. The predicted molar refractivity (Wildman–Crippen MR) is 134 cm³/mol. The molecule has 6 heteroatoms. The highest BCUT2D eigenvalue weighted by Crippen LogP contribution is 2.18. The van der Waals surface area contributed by atoms with E-state index < -0.39 is 0 Å². The van der Waals surface area contributed by atoms with Gasteiger partial charge in [0.2, 0.25) is 5.89 Å². The van der Waals surface area contributed by atoms with E-state index in [1.165, 1.54) is 24.0 Å². The Hall–Kier alpha value is -3.77. The Morgan fingerprint density at radius 3 is 2.14 bits per heavy atom. The highest BCUT2D eigenvalue weighted by molar-refractivity contribution is 5.91. The Labute approximate surface area is 205 Å².